The van der Waals surface area contributed by atoms with Gasteiger partial charge in [0.15, 0.2) is 0 Å². The Kier molecular flexibility index (Phi) is 4.59. The quantitative estimate of drug-likeness (QED) is 0.895. The molecule has 1 heterocycles. The number of nitrogens with zero attached hydrogens (tertiary/aromatic N) is 1. The Hall–Kier alpha value is -1.39. The third-order valence-electron chi connectivity index (χ3n) is 6.24. The van der Waals surface area contributed by atoms with E-state index >= 15 is 0 Å². The van der Waals surface area contributed by atoms with Crippen molar-refractivity contribution in [2.75, 3.05) is 19.6 Å². The van der Waals surface area contributed by atoms with Crippen LogP contribution in [0.25, 0.3) is 0 Å². The maximum absolute atomic E-state index is 12.5. The molecule has 1 aromatic rings. The van der Waals surface area contributed by atoms with Gasteiger partial charge in [0.05, 0.1) is 5.60 Å². The van der Waals surface area contributed by atoms with E-state index in [2.05, 4.69) is 42.6 Å². The van der Waals surface area contributed by atoms with Crippen LogP contribution in [0.2, 0.25) is 0 Å². The van der Waals surface area contributed by atoms with Gasteiger partial charge in [-0.2, -0.15) is 0 Å². The van der Waals surface area contributed by atoms with Crippen molar-refractivity contribution in [3.8, 4) is 0 Å². The summed E-state index contributed by atoms with van der Waals surface area (Å²) in [7, 11) is 0. The fourth-order valence-electron chi connectivity index (χ4n) is 4.56. The van der Waals surface area contributed by atoms with Crippen LogP contribution in [0.4, 0.5) is 0 Å². The minimum Gasteiger partial charge on any atom is -0.357 e. The Morgan fingerprint density at radius 1 is 1.16 bits per heavy atom. The number of benzene rings is 1. The molecule has 1 aliphatic heterocycles. The van der Waals surface area contributed by atoms with Gasteiger partial charge in [0.1, 0.15) is 5.60 Å². The number of ether oxygens (including phenoxy) is 1. The molecule has 1 N–H and O–H groups in total. The van der Waals surface area contributed by atoms with Crippen LogP contribution in [0.5, 0.6) is 0 Å². The molecule has 1 aromatic carbocycles. The van der Waals surface area contributed by atoms with E-state index in [0.717, 1.165) is 64.6 Å². The van der Waals surface area contributed by atoms with Crippen molar-refractivity contribution in [3.63, 3.8) is 0 Å². The molecule has 4 nitrogen and oxygen atoms in total. The average molecular weight is 342 g/mol. The first-order valence-electron chi connectivity index (χ1n) is 9.92. The lowest BCUT2D eigenvalue weighted by Gasteiger charge is -2.49. The fourth-order valence-corrected chi connectivity index (χ4v) is 4.56. The molecule has 4 rings (SSSR count). The van der Waals surface area contributed by atoms with Crippen LogP contribution in [0.3, 0.4) is 0 Å². The third kappa shape index (κ3) is 3.47. The Balaban J connectivity index is 1.28. The monoisotopic (exact) mass is 342 g/mol. The van der Waals surface area contributed by atoms with E-state index in [1.807, 2.05) is 4.90 Å². The van der Waals surface area contributed by atoms with Gasteiger partial charge >= 0.3 is 0 Å². The van der Waals surface area contributed by atoms with Gasteiger partial charge in [-0.25, -0.2) is 0 Å². The number of morpholine rings is 1. The molecule has 2 aliphatic carbocycles. The van der Waals surface area contributed by atoms with Gasteiger partial charge in [0, 0.05) is 19.1 Å². The molecular formula is C21H30N2O2. The molecule has 2 saturated carbocycles. The number of nitrogens with one attached hydrogen (secondary N) is 1. The predicted octanol–water partition coefficient (Wildman–Crippen LogP) is 2.91. The molecule has 136 valence electrons. The molecule has 0 radical (unpaired) electrons. The maximum Gasteiger partial charge on any atom is 0.254 e. The topological polar surface area (TPSA) is 41.6 Å². The van der Waals surface area contributed by atoms with Gasteiger partial charge in [-0.3, -0.25) is 4.79 Å². The summed E-state index contributed by atoms with van der Waals surface area (Å²) in [6, 6.07) is 11.3. The van der Waals surface area contributed by atoms with Crippen LogP contribution in [-0.4, -0.2) is 47.7 Å². The van der Waals surface area contributed by atoms with Crippen LogP contribution in [-0.2, 0) is 16.0 Å². The number of likely N-dealkylation sites (N-methyl/N-ethyl adjacent to an activating group) is 1. The van der Waals surface area contributed by atoms with E-state index in [4.69, 9.17) is 4.74 Å². The summed E-state index contributed by atoms with van der Waals surface area (Å²) in [4.78, 5) is 14.5. The Bertz CT molecular complexity index is 604. The maximum atomic E-state index is 12.5. The van der Waals surface area contributed by atoms with Crippen LogP contribution in [0.1, 0.15) is 51.0 Å². The molecule has 1 amide bonds. The minimum absolute atomic E-state index is 0.0853. The molecular weight excluding hydrogens is 312 g/mol. The highest BCUT2D eigenvalue weighted by Crippen LogP contribution is 2.50. The lowest BCUT2D eigenvalue weighted by Crippen LogP contribution is -2.61. The molecule has 0 atom stereocenters. The average Bonchev–Trinajstić information content (AvgIpc) is 3.41. The smallest absolute Gasteiger partial charge is 0.254 e. The highest BCUT2D eigenvalue weighted by Gasteiger charge is 2.61. The van der Waals surface area contributed by atoms with Crippen molar-refractivity contribution in [1.82, 2.24) is 10.2 Å². The Labute approximate surface area is 150 Å². The zero-order valence-corrected chi connectivity index (χ0v) is 15.3. The molecule has 2 spiro atoms. The summed E-state index contributed by atoms with van der Waals surface area (Å²) < 4.78 is 6.46. The zero-order chi connectivity index (χ0) is 17.3. The summed E-state index contributed by atoms with van der Waals surface area (Å²) in [6.45, 7) is 4.72. The van der Waals surface area contributed by atoms with Crippen LogP contribution in [0.15, 0.2) is 30.3 Å². The number of carbonyl (C=O) groups excluding carboxylic acids is 1. The van der Waals surface area contributed by atoms with Crippen LogP contribution >= 0.6 is 0 Å². The number of rotatable bonds is 5. The van der Waals surface area contributed by atoms with E-state index in [9.17, 15) is 4.79 Å². The lowest BCUT2D eigenvalue weighted by molar-refractivity contribution is -0.198. The SMILES string of the molecule is CCN1C[C@]2(CC[C@H](NCCc3ccccc3)CC2)OC2(CC2)C1=O. The molecule has 1 saturated heterocycles. The van der Waals surface area contributed by atoms with Gasteiger partial charge < -0.3 is 15.0 Å². The minimum atomic E-state index is -0.443. The van der Waals surface area contributed by atoms with E-state index < -0.39 is 5.60 Å². The van der Waals surface area contributed by atoms with Crippen molar-refractivity contribution in [2.24, 2.45) is 0 Å². The van der Waals surface area contributed by atoms with Gasteiger partial charge in [-0.1, -0.05) is 30.3 Å². The Morgan fingerprint density at radius 3 is 2.52 bits per heavy atom. The van der Waals surface area contributed by atoms with Gasteiger partial charge in [-0.15, -0.1) is 0 Å². The van der Waals surface area contributed by atoms with Crippen molar-refractivity contribution in [3.05, 3.63) is 35.9 Å². The summed E-state index contributed by atoms with van der Waals surface area (Å²) in [5.41, 5.74) is 0.866. The second-order valence-corrected chi connectivity index (χ2v) is 8.06. The summed E-state index contributed by atoms with van der Waals surface area (Å²) in [6.07, 6.45) is 7.36. The fraction of sp³-hybridized carbons (Fsp3) is 0.667. The highest BCUT2D eigenvalue weighted by atomic mass is 16.5. The second kappa shape index (κ2) is 6.73. The van der Waals surface area contributed by atoms with E-state index in [1.54, 1.807) is 0 Å². The molecule has 0 aromatic heterocycles. The normalized spacial score (nSPS) is 30.8. The third-order valence-corrected chi connectivity index (χ3v) is 6.24. The first-order chi connectivity index (χ1) is 12.1. The Morgan fingerprint density at radius 2 is 1.88 bits per heavy atom. The number of carbonyl (C=O) groups is 1. The number of hydrogen-bond donors (Lipinski definition) is 1. The van der Waals surface area contributed by atoms with Gasteiger partial charge in [0.25, 0.3) is 5.91 Å². The molecule has 25 heavy (non-hydrogen) atoms. The largest absolute Gasteiger partial charge is 0.357 e. The van der Waals surface area contributed by atoms with Gasteiger partial charge in [-0.05, 0) is 64.0 Å². The van der Waals surface area contributed by atoms with Gasteiger partial charge in [0.2, 0.25) is 0 Å². The van der Waals surface area contributed by atoms with Crippen molar-refractivity contribution in [2.45, 2.75) is 69.1 Å². The van der Waals surface area contributed by atoms with Crippen LogP contribution in [0, 0.1) is 0 Å². The van der Waals surface area contributed by atoms with E-state index in [0.29, 0.717) is 6.04 Å². The predicted molar refractivity (Wildman–Crippen MR) is 98.4 cm³/mol. The molecule has 0 unspecified atom stereocenters. The first kappa shape index (κ1) is 17.0. The first-order valence-corrected chi connectivity index (χ1v) is 9.92. The standard InChI is InChI=1S/C21H30N2O2/c1-2-23-16-20(25-21(13-14-21)19(23)24)11-8-18(9-12-20)22-15-10-17-6-4-3-5-7-17/h3-7,18,22H,2,8-16H2,1H3/t18-,20+. The van der Waals surface area contributed by atoms with Crippen molar-refractivity contribution < 1.29 is 9.53 Å². The molecule has 0 bridgehead atoms. The van der Waals surface area contributed by atoms with E-state index in [-0.39, 0.29) is 11.5 Å². The van der Waals surface area contributed by atoms with E-state index in [1.165, 1.54) is 5.56 Å². The number of amides is 1. The summed E-state index contributed by atoms with van der Waals surface area (Å²) in [5, 5.41) is 3.73. The highest BCUT2D eigenvalue weighted by molar-refractivity contribution is 5.89. The summed E-state index contributed by atoms with van der Waals surface area (Å²) >= 11 is 0. The van der Waals surface area contributed by atoms with Crippen molar-refractivity contribution in [1.29, 1.82) is 0 Å². The lowest BCUT2D eigenvalue weighted by atomic mass is 9.80. The number of hydrogen-bond acceptors (Lipinski definition) is 3. The summed E-state index contributed by atoms with van der Waals surface area (Å²) in [5.74, 6) is 0.240. The zero-order valence-electron chi connectivity index (χ0n) is 15.3. The van der Waals surface area contributed by atoms with Crippen molar-refractivity contribution >= 4 is 5.91 Å². The molecule has 3 aliphatic rings. The molecule has 4 heteroatoms. The second-order valence-electron chi connectivity index (χ2n) is 8.06. The molecule has 3 fully saturated rings. The van der Waals surface area contributed by atoms with Crippen LogP contribution < -0.4 is 5.32 Å².